The van der Waals surface area contributed by atoms with Gasteiger partial charge in [0, 0.05) is 12.0 Å². The van der Waals surface area contributed by atoms with E-state index in [2.05, 4.69) is 0 Å². The summed E-state index contributed by atoms with van der Waals surface area (Å²) >= 11 is 0. The quantitative estimate of drug-likeness (QED) is 0.269. The first-order valence-corrected chi connectivity index (χ1v) is 8.80. The standard InChI is InChI=1S/C21H26O4/c1-20(2,3)25-19(24)21(14-9-5-8-12-18(21)23)15-13-17(22)16-10-6-4-7-11-16/h4,6-7,10-11,13,15H,5,8-9,12,14H2,1-3H3/b15-13+/t21-/m0/s1. The first-order valence-electron chi connectivity index (χ1n) is 8.80. The number of carbonyl (C=O) groups is 3. The summed E-state index contributed by atoms with van der Waals surface area (Å²) in [4.78, 5) is 38.0. The SMILES string of the molecule is CC(C)(C)OC(=O)[C@]1(/C=C/C(=O)c2ccccc2)CCCCCC1=O. The summed E-state index contributed by atoms with van der Waals surface area (Å²) < 4.78 is 5.52. The molecule has 0 unspecified atom stereocenters. The fourth-order valence-electron chi connectivity index (χ4n) is 2.97. The molecule has 4 heteroatoms. The van der Waals surface area contributed by atoms with Gasteiger partial charge >= 0.3 is 5.97 Å². The van der Waals surface area contributed by atoms with E-state index in [9.17, 15) is 14.4 Å². The number of esters is 1. The summed E-state index contributed by atoms with van der Waals surface area (Å²) in [6.07, 6.45) is 5.98. The lowest BCUT2D eigenvalue weighted by atomic mass is 9.78. The molecule has 0 N–H and O–H groups in total. The van der Waals surface area contributed by atoms with E-state index in [4.69, 9.17) is 4.74 Å². The zero-order valence-electron chi connectivity index (χ0n) is 15.2. The first kappa shape index (κ1) is 19.1. The lowest BCUT2D eigenvalue weighted by Crippen LogP contribution is -2.42. The Morgan fingerprint density at radius 1 is 1.08 bits per heavy atom. The fraction of sp³-hybridized carbons (Fsp3) is 0.476. The molecule has 0 saturated heterocycles. The monoisotopic (exact) mass is 342 g/mol. The Morgan fingerprint density at radius 3 is 2.40 bits per heavy atom. The van der Waals surface area contributed by atoms with Crippen LogP contribution in [-0.4, -0.2) is 23.1 Å². The molecule has 25 heavy (non-hydrogen) atoms. The number of allylic oxidation sites excluding steroid dienone is 1. The molecule has 0 aromatic heterocycles. The molecule has 1 fully saturated rings. The molecule has 1 atom stereocenters. The molecule has 0 amide bonds. The number of ether oxygens (including phenoxy) is 1. The Morgan fingerprint density at radius 2 is 1.76 bits per heavy atom. The van der Waals surface area contributed by atoms with Crippen LogP contribution in [0.1, 0.15) is 63.2 Å². The van der Waals surface area contributed by atoms with E-state index in [-0.39, 0.29) is 11.6 Å². The summed E-state index contributed by atoms with van der Waals surface area (Å²) in [6.45, 7) is 5.33. The molecule has 4 nitrogen and oxygen atoms in total. The van der Waals surface area contributed by atoms with Crippen LogP contribution in [0, 0.1) is 5.41 Å². The van der Waals surface area contributed by atoms with Crippen molar-refractivity contribution >= 4 is 17.5 Å². The second-order valence-corrected chi connectivity index (χ2v) is 7.52. The predicted molar refractivity (Wildman–Crippen MR) is 96.3 cm³/mol. The van der Waals surface area contributed by atoms with E-state index in [1.165, 1.54) is 12.2 Å². The number of ketones is 2. The molecule has 1 saturated carbocycles. The smallest absolute Gasteiger partial charge is 0.324 e. The van der Waals surface area contributed by atoms with E-state index in [0.29, 0.717) is 18.4 Å². The minimum absolute atomic E-state index is 0.156. The Bertz CT molecular complexity index is 667. The third-order valence-electron chi connectivity index (χ3n) is 4.31. The van der Waals surface area contributed by atoms with Gasteiger partial charge in [-0.15, -0.1) is 0 Å². The van der Waals surface area contributed by atoms with E-state index in [1.54, 1.807) is 45.0 Å². The minimum atomic E-state index is -1.35. The maximum absolute atomic E-state index is 12.8. The van der Waals surface area contributed by atoms with E-state index in [1.807, 2.05) is 6.07 Å². The molecule has 2 rings (SSSR count). The highest BCUT2D eigenvalue weighted by Gasteiger charge is 2.46. The Balaban J connectivity index is 2.34. The molecule has 0 radical (unpaired) electrons. The van der Waals surface area contributed by atoms with Crippen molar-refractivity contribution in [2.45, 2.75) is 58.5 Å². The normalized spacial score (nSPS) is 21.8. The maximum atomic E-state index is 12.8. The van der Waals surface area contributed by atoms with E-state index in [0.717, 1.165) is 19.3 Å². The molecule has 0 spiro atoms. The summed E-state index contributed by atoms with van der Waals surface area (Å²) in [6, 6.07) is 8.81. The van der Waals surface area contributed by atoms with E-state index >= 15 is 0 Å². The lowest BCUT2D eigenvalue weighted by molar-refractivity contribution is -0.167. The van der Waals surface area contributed by atoms with Crippen molar-refractivity contribution in [3.8, 4) is 0 Å². The first-order chi connectivity index (χ1) is 11.7. The van der Waals surface area contributed by atoms with Gasteiger partial charge in [0.2, 0.25) is 0 Å². The van der Waals surface area contributed by atoms with Crippen LogP contribution in [0.5, 0.6) is 0 Å². The van der Waals surface area contributed by atoms with Gasteiger partial charge in [-0.25, -0.2) is 0 Å². The van der Waals surface area contributed by atoms with Crippen LogP contribution in [0.25, 0.3) is 0 Å². The van der Waals surface area contributed by atoms with Crippen LogP contribution < -0.4 is 0 Å². The van der Waals surface area contributed by atoms with Crippen LogP contribution >= 0.6 is 0 Å². The highest BCUT2D eigenvalue weighted by Crippen LogP contribution is 2.36. The molecule has 1 aromatic carbocycles. The average molecular weight is 342 g/mol. The van der Waals surface area contributed by atoms with Crippen molar-refractivity contribution in [2.75, 3.05) is 0 Å². The molecule has 0 heterocycles. The van der Waals surface area contributed by atoms with Crippen molar-refractivity contribution < 1.29 is 19.1 Å². The third-order valence-corrected chi connectivity index (χ3v) is 4.31. The summed E-state index contributed by atoms with van der Waals surface area (Å²) in [5, 5.41) is 0. The third kappa shape index (κ3) is 4.88. The van der Waals surface area contributed by atoms with Gasteiger partial charge in [-0.1, -0.05) is 49.2 Å². The highest BCUT2D eigenvalue weighted by atomic mass is 16.6. The van der Waals surface area contributed by atoms with Gasteiger partial charge < -0.3 is 4.74 Å². The molecule has 1 aliphatic carbocycles. The number of benzene rings is 1. The van der Waals surface area contributed by atoms with Crippen molar-refractivity contribution in [3.05, 3.63) is 48.0 Å². The highest BCUT2D eigenvalue weighted by molar-refractivity contribution is 6.09. The number of hydrogen-bond donors (Lipinski definition) is 0. The Hall–Kier alpha value is -2.23. The lowest BCUT2D eigenvalue weighted by Gasteiger charge is -2.30. The van der Waals surface area contributed by atoms with Gasteiger partial charge in [-0.05, 0) is 39.7 Å². The van der Waals surface area contributed by atoms with Gasteiger partial charge in [0.05, 0.1) is 0 Å². The van der Waals surface area contributed by atoms with Gasteiger partial charge in [0.1, 0.15) is 11.0 Å². The van der Waals surface area contributed by atoms with Crippen LogP contribution in [0.4, 0.5) is 0 Å². The number of rotatable bonds is 4. The van der Waals surface area contributed by atoms with Crippen molar-refractivity contribution in [1.82, 2.24) is 0 Å². The average Bonchev–Trinajstić information content (AvgIpc) is 2.74. The van der Waals surface area contributed by atoms with Gasteiger partial charge in [0.25, 0.3) is 0 Å². The maximum Gasteiger partial charge on any atom is 0.324 e. The van der Waals surface area contributed by atoms with Gasteiger partial charge in [0.15, 0.2) is 11.6 Å². The molecule has 1 aliphatic rings. The zero-order valence-corrected chi connectivity index (χ0v) is 15.2. The van der Waals surface area contributed by atoms with Crippen LogP contribution in [0.3, 0.4) is 0 Å². The molecule has 134 valence electrons. The van der Waals surface area contributed by atoms with Crippen LogP contribution in [0.2, 0.25) is 0 Å². The molecular formula is C21H26O4. The fourth-order valence-corrected chi connectivity index (χ4v) is 2.97. The largest absolute Gasteiger partial charge is 0.459 e. The number of hydrogen-bond acceptors (Lipinski definition) is 4. The second kappa shape index (κ2) is 7.77. The molecule has 1 aromatic rings. The van der Waals surface area contributed by atoms with Crippen LogP contribution in [0.15, 0.2) is 42.5 Å². The van der Waals surface area contributed by atoms with Crippen LogP contribution in [-0.2, 0) is 14.3 Å². The van der Waals surface area contributed by atoms with E-state index < -0.39 is 17.0 Å². The minimum Gasteiger partial charge on any atom is -0.459 e. The molecule has 0 aliphatic heterocycles. The number of Topliss-reactive ketones (excluding diaryl/α,β-unsaturated/α-hetero) is 1. The zero-order chi connectivity index (χ0) is 18.5. The summed E-state index contributed by atoms with van der Waals surface area (Å²) in [7, 11) is 0. The summed E-state index contributed by atoms with van der Waals surface area (Å²) in [5.74, 6) is -0.930. The van der Waals surface area contributed by atoms with Gasteiger partial charge in [-0.3, -0.25) is 14.4 Å². The van der Waals surface area contributed by atoms with Crippen molar-refractivity contribution in [1.29, 1.82) is 0 Å². The van der Waals surface area contributed by atoms with Gasteiger partial charge in [-0.2, -0.15) is 0 Å². The van der Waals surface area contributed by atoms with Crippen molar-refractivity contribution in [3.63, 3.8) is 0 Å². The summed E-state index contributed by atoms with van der Waals surface area (Å²) in [5.41, 5.74) is -1.51. The Labute approximate surface area is 149 Å². The topological polar surface area (TPSA) is 60.4 Å². The predicted octanol–water partition coefficient (Wildman–Crippen LogP) is 4.29. The second-order valence-electron chi connectivity index (χ2n) is 7.52. The van der Waals surface area contributed by atoms with Crippen molar-refractivity contribution in [2.24, 2.45) is 5.41 Å². The Kier molecular flexibility index (Phi) is 5.93. The number of carbonyl (C=O) groups excluding carboxylic acids is 3. The molecular weight excluding hydrogens is 316 g/mol. The molecule has 0 bridgehead atoms.